The van der Waals surface area contributed by atoms with E-state index in [0.717, 1.165) is 19.5 Å². The maximum atomic E-state index is 12.2. The summed E-state index contributed by atoms with van der Waals surface area (Å²) in [6, 6.07) is 2.09. The lowest BCUT2D eigenvalue weighted by molar-refractivity contribution is -0.134. The lowest BCUT2D eigenvalue weighted by Gasteiger charge is -2.27. The summed E-state index contributed by atoms with van der Waals surface area (Å²) in [4.78, 5) is 27.2. The summed E-state index contributed by atoms with van der Waals surface area (Å²) in [6.07, 6.45) is 1.46. The SMILES string of the molecule is COCCNCCNC(=O)CCC(=O)N1CCc2sccc2C1.Cl. The number of halogens is 1. The number of hydrogen-bond donors (Lipinski definition) is 2. The number of fused-ring (bicyclic) bond motifs is 1. The van der Waals surface area contributed by atoms with Crippen LogP contribution in [-0.2, 0) is 27.3 Å². The highest BCUT2D eigenvalue weighted by Gasteiger charge is 2.21. The van der Waals surface area contributed by atoms with Gasteiger partial charge in [-0.3, -0.25) is 9.59 Å². The highest BCUT2D eigenvalue weighted by Crippen LogP contribution is 2.24. The zero-order valence-corrected chi connectivity index (χ0v) is 15.6. The van der Waals surface area contributed by atoms with Crippen LogP contribution in [0.25, 0.3) is 0 Å². The number of methoxy groups -OCH3 is 1. The van der Waals surface area contributed by atoms with Gasteiger partial charge in [0.2, 0.25) is 11.8 Å². The van der Waals surface area contributed by atoms with Gasteiger partial charge in [-0.15, -0.1) is 23.7 Å². The molecule has 2 heterocycles. The lowest BCUT2D eigenvalue weighted by atomic mass is 10.1. The topological polar surface area (TPSA) is 70.7 Å². The number of ether oxygens (including phenoxy) is 1. The molecule has 0 unspecified atom stereocenters. The Morgan fingerprint density at radius 3 is 2.92 bits per heavy atom. The molecule has 0 fully saturated rings. The minimum Gasteiger partial charge on any atom is -0.383 e. The molecule has 0 atom stereocenters. The van der Waals surface area contributed by atoms with Crippen LogP contribution in [0.5, 0.6) is 0 Å². The van der Waals surface area contributed by atoms with E-state index in [1.54, 1.807) is 18.4 Å². The summed E-state index contributed by atoms with van der Waals surface area (Å²) in [6.45, 7) is 4.14. The van der Waals surface area contributed by atoms with Gasteiger partial charge in [0.1, 0.15) is 0 Å². The number of nitrogens with zero attached hydrogens (tertiary/aromatic N) is 1. The molecule has 0 saturated carbocycles. The highest BCUT2D eigenvalue weighted by atomic mass is 35.5. The number of hydrogen-bond acceptors (Lipinski definition) is 5. The van der Waals surface area contributed by atoms with E-state index in [1.165, 1.54) is 10.4 Å². The fraction of sp³-hybridized carbons (Fsp3) is 0.625. The normalized spacial score (nSPS) is 13.1. The first-order chi connectivity index (χ1) is 11.2. The van der Waals surface area contributed by atoms with Gasteiger partial charge in [-0.2, -0.15) is 0 Å². The smallest absolute Gasteiger partial charge is 0.223 e. The highest BCUT2D eigenvalue weighted by molar-refractivity contribution is 7.10. The molecule has 2 N–H and O–H groups in total. The molecule has 2 amide bonds. The van der Waals surface area contributed by atoms with Gasteiger partial charge in [-0.1, -0.05) is 0 Å². The first-order valence-electron chi connectivity index (χ1n) is 8.00. The second-order valence-electron chi connectivity index (χ2n) is 5.53. The Kier molecular flexibility index (Phi) is 9.94. The summed E-state index contributed by atoms with van der Waals surface area (Å²) in [5, 5.41) is 8.05. The molecule has 8 heteroatoms. The number of carbonyl (C=O) groups is 2. The maximum Gasteiger partial charge on any atom is 0.223 e. The largest absolute Gasteiger partial charge is 0.383 e. The third-order valence-corrected chi connectivity index (χ3v) is 4.86. The van der Waals surface area contributed by atoms with Crippen LogP contribution < -0.4 is 10.6 Å². The Bertz CT molecular complexity index is 524. The molecule has 24 heavy (non-hydrogen) atoms. The molecule has 1 aromatic rings. The zero-order chi connectivity index (χ0) is 16.5. The van der Waals surface area contributed by atoms with E-state index in [1.807, 2.05) is 4.90 Å². The standard InChI is InChI=1S/C16H25N3O3S.ClH/c1-22-10-8-17-6-7-18-15(20)2-3-16(21)19-9-4-14-13(12-19)5-11-23-14;/h5,11,17H,2-4,6-10,12H2,1H3,(H,18,20);1H. The van der Waals surface area contributed by atoms with Crippen LogP contribution in [-0.4, -0.2) is 56.6 Å². The van der Waals surface area contributed by atoms with Crippen molar-refractivity contribution in [1.29, 1.82) is 0 Å². The average molecular weight is 376 g/mol. The molecule has 1 aromatic heterocycles. The molecule has 0 bridgehead atoms. The predicted molar refractivity (Wildman–Crippen MR) is 97.7 cm³/mol. The lowest BCUT2D eigenvalue weighted by Crippen LogP contribution is -2.37. The van der Waals surface area contributed by atoms with Gasteiger partial charge in [0.05, 0.1) is 6.61 Å². The van der Waals surface area contributed by atoms with E-state index in [0.29, 0.717) is 26.2 Å². The molecular formula is C16H26ClN3O3S. The Balaban J connectivity index is 0.00000288. The van der Waals surface area contributed by atoms with Crippen molar-refractivity contribution in [3.05, 3.63) is 21.9 Å². The minimum absolute atomic E-state index is 0. The minimum atomic E-state index is -0.0693. The fourth-order valence-corrected chi connectivity index (χ4v) is 3.41. The van der Waals surface area contributed by atoms with Gasteiger partial charge in [0, 0.05) is 57.6 Å². The van der Waals surface area contributed by atoms with Crippen molar-refractivity contribution in [3.63, 3.8) is 0 Å². The van der Waals surface area contributed by atoms with Crippen molar-refractivity contribution >= 4 is 35.6 Å². The monoisotopic (exact) mass is 375 g/mol. The summed E-state index contributed by atoms with van der Waals surface area (Å²) in [7, 11) is 1.65. The van der Waals surface area contributed by atoms with Gasteiger partial charge in [-0.25, -0.2) is 0 Å². The molecule has 1 aliphatic heterocycles. The quantitative estimate of drug-likeness (QED) is 0.636. The van der Waals surface area contributed by atoms with Gasteiger partial charge in [0.25, 0.3) is 0 Å². The molecular weight excluding hydrogens is 350 g/mol. The van der Waals surface area contributed by atoms with Crippen molar-refractivity contribution in [2.45, 2.75) is 25.8 Å². The third kappa shape index (κ3) is 6.76. The van der Waals surface area contributed by atoms with E-state index >= 15 is 0 Å². The van der Waals surface area contributed by atoms with E-state index in [-0.39, 0.29) is 37.1 Å². The number of carbonyl (C=O) groups excluding carboxylic acids is 2. The Morgan fingerprint density at radius 2 is 2.12 bits per heavy atom. The summed E-state index contributed by atoms with van der Waals surface area (Å²) in [5.74, 6) is -0.00431. The molecule has 0 spiro atoms. The average Bonchev–Trinajstić information content (AvgIpc) is 3.03. The van der Waals surface area contributed by atoms with Crippen molar-refractivity contribution in [2.24, 2.45) is 0 Å². The predicted octanol–water partition coefficient (Wildman–Crippen LogP) is 1.19. The molecule has 0 saturated heterocycles. The molecule has 1 aliphatic rings. The fourth-order valence-electron chi connectivity index (χ4n) is 2.52. The van der Waals surface area contributed by atoms with E-state index in [9.17, 15) is 9.59 Å². The van der Waals surface area contributed by atoms with Crippen LogP contribution >= 0.6 is 23.7 Å². The van der Waals surface area contributed by atoms with Crippen LogP contribution in [0.3, 0.4) is 0 Å². The summed E-state index contributed by atoms with van der Waals surface area (Å²) >= 11 is 1.76. The number of nitrogens with one attached hydrogen (secondary N) is 2. The first-order valence-corrected chi connectivity index (χ1v) is 8.88. The molecule has 2 rings (SSSR count). The first kappa shape index (κ1) is 20.9. The van der Waals surface area contributed by atoms with Gasteiger partial charge in [0.15, 0.2) is 0 Å². The van der Waals surface area contributed by atoms with Crippen molar-refractivity contribution in [2.75, 3.05) is 39.9 Å². The van der Waals surface area contributed by atoms with Crippen LogP contribution in [0.1, 0.15) is 23.3 Å². The third-order valence-electron chi connectivity index (χ3n) is 3.83. The molecule has 0 radical (unpaired) electrons. The summed E-state index contributed by atoms with van der Waals surface area (Å²) in [5.41, 5.74) is 1.25. The van der Waals surface area contributed by atoms with Crippen LogP contribution in [0.4, 0.5) is 0 Å². The molecule has 6 nitrogen and oxygen atoms in total. The van der Waals surface area contributed by atoms with Crippen molar-refractivity contribution < 1.29 is 14.3 Å². The van der Waals surface area contributed by atoms with E-state index < -0.39 is 0 Å². The van der Waals surface area contributed by atoms with Crippen molar-refractivity contribution in [3.8, 4) is 0 Å². The van der Waals surface area contributed by atoms with Gasteiger partial charge >= 0.3 is 0 Å². The Hall–Kier alpha value is -1.15. The second-order valence-corrected chi connectivity index (χ2v) is 6.53. The van der Waals surface area contributed by atoms with Crippen LogP contribution in [0.15, 0.2) is 11.4 Å². The number of rotatable bonds is 9. The Morgan fingerprint density at radius 1 is 1.29 bits per heavy atom. The van der Waals surface area contributed by atoms with Crippen molar-refractivity contribution in [1.82, 2.24) is 15.5 Å². The number of thiophene rings is 1. The van der Waals surface area contributed by atoms with Gasteiger partial charge in [-0.05, 0) is 23.4 Å². The van der Waals surface area contributed by atoms with Crippen LogP contribution in [0.2, 0.25) is 0 Å². The summed E-state index contributed by atoms with van der Waals surface area (Å²) < 4.78 is 4.92. The van der Waals surface area contributed by atoms with E-state index in [2.05, 4.69) is 22.1 Å². The zero-order valence-electron chi connectivity index (χ0n) is 14.0. The van der Waals surface area contributed by atoms with E-state index in [4.69, 9.17) is 4.74 Å². The molecule has 0 aromatic carbocycles. The molecule has 0 aliphatic carbocycles. The maximum absolute atomic E-state index is 12.2. The second kappa shape index (κ2) is 11.4. The van der Waals surface area contributed by atoms with Gasteiger partial charge < -0.3 is 20.3 Å². The Labute approximate surface area is 153 Å². The number of amides is 2. The van der Waals surface area contributed by atoms with Crippen LogP contribution in [0, 0.1) is 0 Å². The molecule has 136 valence electrons.